The van der Waals surface area contributed by atoms with Crippen LogP contribution in [0, 0.1) is 0 Å². The number of nitrogens with zero attached hydrogens (tertiary/aromatic N) is 2. The molecule has 0 atom stereocenters. The molecule has 0 amide bonds. The molecule has 0 spiro atoms. The minimum absolute atomic E-state index is 0.117. The second-order valence-corrected chi connectivity index (χ2v) is 6.66. The van der Waals surface area contributed by atoms with Crippen LogP contribution in [0.15, 0.2) is 41.2 Å². The number of rotatable bonds is 2. The molecular weight excluding hydrogens is 280 g/mol. The molecule has 0 fully saturated rings. The Balaban J connectivity index is 2.37. The maximum absolute atomic E-state index is 12.8. The van der Waals surface area contributed by atoms with Crippen LogP contribution in [0.25, 0.3) is 20.2 Å². The van der Waals surface area contributed by atoms with Gasteiger partial charge in [-0.1, -0.05) is 0 Å². The summed E-state index contributed by atoms with van der Waals surface area (Å²) >= 11 is 1.67. The van der Waals surface area contributed by atoms with Crippen LogP contribution in [-0.4, -0.2) is 28.2 Å². The average molecular weight is 298 g/mol. The molecule has 4 heteroatoms. The molecule has 0 saturated carbocycles. The summed E-state index contributed by atoms with van der Waals surface area (Å²) in [6.07, 6.45) is 0. The van der Waals surface area contributed by atoms with Gasteiger partial charge >= 0.3 is 0 Å². The highest BCUT2D eigenvalue weighted by atomic mass is 32.1. The monoisotopic (exact) mass is 298 g/mol. The van der Waals surface area contributed by atoms with Gasteiger partial charge < -0.3 is 9.80 Å². The fourth-order valence-electron chi connectivity index (χ4n) is 2.39. The summed E-state index contributed by atoms with van der Waals surface area (Å²) in [4.78, 5) is 16.8. The molecule has 3 aromatic rings. The Kier molecular flexibility index (Phi) is 3.33. The third-order valence-electron chi connectivity index (χ3n) is 3.67. The summed E-state index contributed by atoms with van der Waals surface area (Å²) in [5.74, 6) is 0. The van der Waals surface area contributed by atoms with Crippen molar-refractivity contribution in [1.29, 1.82) is 0 Å². The Morgan fingerprint density at radius 2 is 1.19 bits per heavy atom. The van der Waals surface area contributed by atoms with Crippen LogP contribution in [0.1, 0.15) is 0 Å². The fraction of sp³-hybridized carbons (Fsp3) is 0.235. The first-order valence-corrected chi connectivity index (χ1v) is 7.64. The van der Waals surface area contributed by atoms with Crippen LogP contribution >= 0.6 is 11.3 Å². The fourth-order valence-corrected chi connectivity index (χ4v) is 3.42. The zero-order chi connectivity index (χ0) is 15.1. The molecule has 1 aromatic heterocycles. The highest BCUT2D eigenvalue weighted by molar-refractivity contribution is 7.24. The summed E-state index contributed by atoms with van der Waals surface area (Å²) in [6, 6.07) is 12.1. The van der Waals surface area contributed by atoms with Gasteiger partial charge in [-0.3, -0.25) is 4.79 Å². The largest absolute Gasteiger partial charge is 0.378 e. The van der Waals surface area contributed by atoms with Gasteiger partial charge in [-0.15, -0.1) is 11.3 Å². The number of fused-ring (bicyclic) bond motifs is 2. The molecule has 0 bridgehead atoms. The molecule has 0 aliphatic carbocycles. The second-order valence-electron chi connectivity index (χ2n) is 5.58. The molecule has 0 unspecified atom stereocenters. The number of hydrogen-bond acceptors (Lipinski definition) is 4. The van der Waals surface area contributed by atoms with Crippen LogP contribution in [0.3, 0.4) is 0 Å². The smallest absolute Gasteiger partial charge is 0.196 e. The van der Waals surface area contributed by atoms with Crippen molar-refractivity contribution in [3.05, 3.63) is 46.6 Å². The molecule has 0 radical (unpaired) electrons. The lowest BCUT2D eigenvalue weighted by Crippen LogP contribution is -2.11. The van der Waals surface area contributed by atoms with E-state index >= 15 is 0 Å². The van der Waals surface area contributed by atoms with Crippen molar-refractivity contribution < 1.29 is 0 Å². The molecule has 21 heavy (non-hydrogen) atoms. The Morgan fingerprint density at radius 3 is 1.57 bits per heavy atom. The highest BCUT2D eigenvalue weighted by Gasteiger charge is 2.09. The molecule has 108 valence electrons. The van der Waals surface area contributed by atoms with Crippen LogP contribution < -0.4 is 15.2 Å². The molecule has 0 aliphatic heterocycles. The van der Waals surface area contributed by atoms with E-state index in [1.165, 1.54) is 0 Å². The van der Waals surface area contributed by atoms with Crippen molar-refractivity contribution >= 4 is 42.9 Å². The predicted octanol–water partition coefficient (Wildman–Crippen LogP) is 3.55. The normalized spacial score (nSPS) is 11.0. The van der Waals surface area contributed by atoms with Crippen LogP contribution in [-0.2, 0) is 0 Å². The summed E-state index contributed by atoms with van der Waals surface area (Å²) in [5.41, 5.74) is 2.22. The summed E-state index contributed by atoms with van der Waals surface area (Å²) < 4.78 is 2.08. The lowest BCUT2D eigenvalue weighted by atomic mass is 10.1. The molecule has 0 aliphatic rings. The summed E-state index contributed by atoms with van der Waals surface area (Å²) in [6.45, 7) is 0. The van der Waals surface area contributed by atoms with Gasteiger partial charge in [0.25, 0.3) is 0 Å². The minimum Gasteiger partial charge on any atom is -0.378 e. The molecule has 0 N–H and O–H groups in total. The zero-order valence-electron chi connectivity index (χ0n) is 12.7. The molecule has 2 aromatic carbocycles. The molecule has 1 heterocycles. The third kappa shape index (κ3) is 2.36. The average Bonchev–Trinajstić information content (AvgIpc) is 2.46. The number of benzene rings is 2. The Morgan fingerprint density at radius 1 is 0.762 bits per heavy atom. The first-order valence-electron chi connectivity index (χ1n) is 6.82. The first kappa shape index (κ1) is 13.9. The topological polar surface area (TPSA) is 23.6 Å². The Hall–Kier alpha value is -2.07. The van der Waals surface area contributed by atoms with Crippen molar-refractivity contribution in [2.24, 2.45) is 0 Å². The van der Waals surface area contributed by atoms with E-state index in [1.807, 2.05) is 62.3 Å². The maximum atomic E-state index is 12.8. The first-order chi connectivity index (χ1) is 9.97. The van der Waals surface area contributed by atoms with Gasteiger partial charge in [0.2, 0.25) is 0 Å². The minimum atomic E-state index is 0.117. The van der Waals surface area contributed by atoms with Crippen molar-refractivity contribution in [1.82, 2.24) is 0 Å². The van der Waals surface area contributed by atoms with E-state index in [0.717, 1.165) is 31.5 Å². The molecule has 3 rings (SSSR count). The number of anilines is 2. The number of hydrogen-bond donors (Lipinski definition) is 0. The van der Waals surface area contributed by atoms with Gasteiger partial charge in [-0.05, 0) is 36.4 Å². The van der Waals surface area contributed by atoms with Crippen molar-refractivity contribution in [2.75, 3.05) is 38.0 Å². The van der Waals surface area contributed by atoms with E-state index < -0.39 is 0 Å². The van der Waals surface area contributed by atoms with E-state index in [0.29, 0.717) is 0 Å². The highest BCUT2D eigenvalue weighted by Crippen LogP contribution is 2.29. The van der Waals surface area contributed by atoms with Crippen LogP contribution in [0.4, 0.5) is 11.4 Å². The van der Waals surface area contributed by atoms with E-state index in [1.54, 1.807) is 11.3 Å². The SMILES string of the molecule is CN(C)c1ccc2sc3ccc(N(C)C)cc3c(=O)c2c1. The summed E-state index contributed by atoms with van der Waals surface area (Å²) in [7, 11) is 7.95. The van der Waals surface area contributed by atoms with E-state index in [2.05, 4.69) is 12.1 Å². The Bertz CT molecular complexity index is 812. The van der Waals surface area contributed by atoms with Crippen molar-refractivity contribution in [3.63, 3.8) is 0 Å². The van der Waals surface area contributed by atoms with Gasteiger partial charge in [0.05, 0.1) is 0 Å². The quantitative estimate of drug-likeness (QED) is 0.676. The summed E-state index contributed by atoms with van der Waals surface area (Å²) in [5, 5.41) is 1.60. The van der Waals surface area contributed by atoms with Gasteiger partial charge in [0.1, 0.15) is 0 Å². The molecule has 3 nitrogen and oxygen atoms in total. The van der Waals surface area contributed by atoms with E-state index in [4.69, 9.17) is 0 Å². The zero-order valence-corrected chi connectivity index (χ0v) is 13.5. The van der Waals surface area contributed by atoms with Crippen LogP contribution in [0.2, 0.25) is 0 Å². The van der Waals surface area contributed by atoms with Crippen molar-refractivity contribution in [3.8, 4) is 0 Å². The maximum Gasteiger partial charge on any atom is 0.196 e. The van der Waals surface area contributed by atoms with E-state index in [-0.39, 0.29) is 5.43 Å². The molecular formula is C17H18N2OS. The standard InChI is InChI=1S/C17H18N2OS/c1-18(2)11-5-7-15-13(9-11)17(20)14-10-12(19(3)4)6-8-16(14)21-15/h5-10H,1-4H3. The van der Waals surface area contributed by atoms with Crippen molar-refractivity contribution in [2.45, 2.75) is 0 Å². The molecule has 0 saturated heterocycles. The van der Waals surface area contributed by atoms with E-state index in [9.17, 15) is 4.79 Å². The second kappa shape index (κ2) is 5.04. The Labute approximate surface area is 128 Å². The predicted molar refractivity (Wildman–Crippen MR) is 94.3 cm³/mol. The van der Waals surface area contributed by atoms with Gasteiger partial charge in [-0.2, -0.15) is 0 Å². The third-order valence-corrected chi connectivity index (χ3v) is 4.82. The van der Waals surface area contributed by atoms with Crippen LogP contribution in [0.5, 0.6) is 0 Å². The lowest BCUT2D eigenvalue weighted by Gasteiger charge is -2.14. The van der Waals surface area contributed by atoms with Gasteiger partial charge in [0, 0.05) is 59.7 Å². The van der Waals surface area contributed by atoms with Gasteiger partial charge in [0.15, 0.2) is 5.43 Å². The van der Waals surface area contributed by atoms with Gasteiger partial charge in [-0.25, -0.2) is 0 Å². The lowest BCUT2D eigenvalue weighted by molar-refractivity contribution is 1.13.